The fourth-order valence-electron chi connectivity index (χ4n) is 0.998. The molecule has 2 aromatic heterocycles. The highest BCUT2D eigenvalue weighted by molar-refractivity contribution is 9.11. The van der Waals surface area contributed by atoms with E-state index in [4.69, 9.17) is 15.4 Å². The Balaban J connectivity index is 2.27. The molecule has 2 heterocycles. The van der Waals surface area contributed by atoms with E-state index in [9.17, 15) is 0 Å². The molecule has 0 spiro atoms. The molecule has 80 valence electrons. The normalized spacial score (nSPS) is 13.0. The van der Waals surface area contributed by atoms with Gasteiger partial charge in [0.25, 0.3) is 0 Å². The first-order chi connectivity index (χ1) is 7.20. The highest BCUT2D eigenvalue weighted by Gasteiger charge is 2.15. The second-order valence-electron chi connectivity index (χ2n) is 2.85. The van der Waals surface area contributed by atoms with Crippen LogP contribution in [0.5, 0.6) is 0 Å². The van der Waals surface area contributed by atoms with E-state index in [0.29, 0.717) is 5.82 Å². The van der Waals surface area contributed by atoms with Crippen LogP contribution in [-0.4, -0.2) is 21.9 Å². The zero-order valence-corrected chi connectivity index (χ0v) is 9.96. The molecule has 0 aliphatic rings. The zero-order valence-electron chi connectivity index (χ0n) is 7.55. The van der Waals surface area contributed by atoms with Crippen molar-refractivity contribution in [1.29, 1.82) is 0 Å². The SMILES string of the molecule is NC(CO)c1nc(-c2ccc(Br)s2)no1. The van der Waals surface area contributed by atoms with E-state index >= 15 is 0 Å². The molecule has 0 amide bonds. The van der Waals surface area contributed by atoms with Gasteiger partial charge in [-0.1, -0.05) is 5.16 Å². The summed E-state index contributed by atoms with van der Waals surface area (Å²) in [5, 5.41) is 12.6. The van der Waals surface area contributed by atoms with Gasteiger partial charge in [-0.3, -0.25) is 0 Å². The molecule has 1 unspecified atom stereocenters. The molecule has 5 nitrogen and oxygen atoms in total. The van der Waals surface area contributed by atoms with Gasteiger partial charge >= 0.3 is 0 Å². The van der Waals surface area contributed by atoms with E-state index in [1.165, 1.54) is 11.3 Å². The maximum atomic E-state index is 8.81. The number of rotatable bonds is 3. The highest BCUT2D eigenvalue weighted by atomic mass is 79.9. The largest absolute Gasteiger partial charge is 0.394 e. The summed E-state index contributed by atoms with van der Waals surface area (Å²) in [7, 11) is 0. The van der Waals surface area contributed by atoms with Crippen LogP contribution in [0.1, 0.15) is 11.9 Å². The van der Waals surface area contributed by atoms with Gasteiger partial charge in [0, 0.05) is 0 Å². The van der Waals surface area contributed by atoms with Crippen molar-refractivity contribution in [2.45, 2.75) is 6.04 Å². The van der Waals surface area contributed by atoms with Crippen LogP contribution >= 0.6 is 27.3 Å². The number of hydrogen-bond donors (Lipinski definition) is 2. The topological polar surface area (TPSA) is 85.2 Å². The summed E-state index contributed by atoms with van der Waals surface area (Å²) < 4.78 is 5.92. The van der Waals surface area contributed by atoms with Crippen LogP contribution in [0.4, 0.5) is 0 Å². The second-order valence-corrected chi connectivity index (χ2v) is 5.31. The summed E-state index contributed by atoms with van der Waals surface area (Å²) in [6.45, 7) is -0.213. The zero-order chi connectivity index (χ0) is 10.8. The third-order valence-corrected chi connectivity index (χ3v) is 3.37. The predicted octanol–water partition coefficient (Wildman–Crippen LogP) is 1.55. The first kappa shape index (κ1) is 10.7. The molecule has 2 rings (SSSR count). The Morgan fingerprint density at radius 2 is 2.40 bits per heavy atom. The number of thiophene rings is 1. The van der Waals surface area contributed by atoms with E-state index in [1.54, 1.807) is 0 Å². The Morgan fingerprint density at radius 3 is 3.00 bits per heavy atom. The van der Waals surface area contributed by atoms with Gasteiger partial charge in [0.15, 0.2) is 0 Å². The minimum Gasteiger partial charge on any atom is -0.394 e. The molecule has 7 heteroatoms. The van der Waals surface area contributed by atoms with Gasteiger partial charge in [-0.25, -0.2) is 0 Å². The van der Waals surface area contributed by atoms with Gasteiger partial charge in [0.2, 0.25) is 11.7 Å². The molecule has 0 aromatic carbocycles. The van der Waals surface area contributed by atoms with Gasteiger partial charge in [-0.2, -0.15) is 4.98 Å². The van der Waals surface area contributed by atoms with Crippen LogP contribution in [0, 0.1) is 0 Å². The number of nitrogens with two attached hydrogens (primary N) is 1. The van der Waals surface area contributed by atoms with Crippen molar-refractivity contribution in [3.8, 4) is 10.7 Å². The molecule has 15 heavy (non-hydrogen) atoms. The monoisotopic (exact) mass is 289 g/mol. The van der Waals surface area contributed by atoms with Crippen LogP contribution in [-0.2, 0) is 0 Å². The molecule has 0 fully saturated rings. The molecular weight excluding hydrogens is 282 g/mol. The number of aliphatic hydroxyl groups excluding tert-OH is 1. The highest BCUT2D eigenvalue weighted by Crippen LogP contribution is 2.29. The van der Waals surface area contributed by atoms with E-state index in [1.807, 2.05) is 12.1 Å². The summed E-state index contributed by atoms with van der Waals surface area (Å²) in [6.07, 6.45) is 0. The van der Waals surface area contributed by atoms with Gasteiger partial charge in [-0.05, 0) is 28.1 Å². The van der Waals surface area contributed by atoms with E-state index in [-0.39, 0.29) is 12.5 Å². The van der Waals surface area contributed by atoms with Crippen LogP contribution < -0.4 is 5.73 Å². The minimum absolute atomic E-state index is 0.213. The van der Waals surface area contributed by atoms with Crippen LogP contribution in [0.15, 0.2) is 20.4 Å². The van der Waals surface area contributed by atoms with Crippen molar-refractivity contribution in [1.82, 2.24) is 10.1 Å². The van der Waals surface area contributed by atoms with E-state index in [2.05, 4.69) is 26.1 Å². The summed E-state index contributed by atoms with van der Waals surface area (Å²) in [5.74, 6) is 0.738. The Kier molecular flexibility index (Phi) is 3.15. The standard InChI is InChI=1S/C8H8BrN3O2S/c9-6-2-1-5(15-6)7-11-8(14-12-7)4(10)3-13/h1-2,4,13H,3,10H2. The lowest BCUT2D eigenvalue weighted by molar-refractivity contribution is 0.237. The van der Waals surface area contributed by atoms with Crippen molar-refractivity contribution >= 4 is 27.3 Å². The molecule has 2 aromatic rings. The third-order valence-electron chi connectivity index (χ3n) is 1.75. The summed E-state index contributed by atoms with van der Waals surface area (Å²) in [5.41, 5.74) is 5.54. The number of aromatic nitrogens is 2. The maximum absolute atomic E-state index is 8.81. The van der Waals surface area contributed by atoms with Crippen LogP contribution in [0.25, 0.3) is 10.7 Å². The molecule has 0 aliphatic heterocycles. The first-order valence-electron chi connectivity index (χ1n) is 4.16. The molecule has 0 bridgehead atoms. The minimum atomic E-state index is -0.616. The quantitative estimate of drug-likeness (QED) is 0.896. The van der Waals surface area contributed by atoms with Crippen molar-refractivity contribution in [2.24, 2.45) is 5.73 Å². The first-order valence-corrected chi connectivity index (χ1v) is 5.77. The average Bonchev–Trinajstić information content (AvgIpc) is 2.84. The molecule has 0 aliphatic carbocycles. The Labute approximate surface area is 98.0 Å². The second kappa shape index (κ2) is 4.40. The van der Waals surface area contributed by atoms with Crippen molar-refractivity contribution in [2.75, 3.05) is 6.61 Å². The van der Waals surface area contributed by atoms with E-state index < -0.39 is 6.04 Å². The fraction of sp³-hybridized carbons (Fsp3) is 0.250. The summed E-state index contributed by atoms with van der Waals surface area (Å²) in [6, 6.07) is 3.17. The number of hydrogen-bond acceptors (Lipinski definition) is 6. The van der Waals surface area contributed by atoms with E-state index in [0.717, 1.165) is 8.66 Å². The molecular formula is C8H8BrN3O2S. The molecule has 0 saturated heterocycles. The van der Waals surface area contributed by atoms with Crippen molar-refractivity contribution in [3.05, 3.63) is 21.8 Å². The molecule has 3 N–H and O–H groups in total. The Morgan fingerprint density at radius 1 is 1.60 bits per heavy atom. The Bertz CT molecular complexity index is 456. The molecule has 0 radical (unpaired) electrons. The number of halogens is 1. The van der Waals surface area contributed by atoms with Gasteiger partial charge in [0.1, 0.15) is 6.04 Å². The predicted molar refractivity (Wildman–Crippen MR) is 59.3 cm³/mol. The maximum Gasteiger partial charge on any atom is 0.246 e. The van der Waals surface area contributed by atoms with Crippen LogP contribution in [0.3, 0.4) is 0 Å². The lowest BCUT2D eigenvalue weighted by Crippen LogP contribution is -2.14. The van der Waals surface area contributed by atoms with Crippen LogP contribution in [0.2, 0.25) is 0 Å². The fourth-order valence-corrected chi connectivity index (χ4v) is 2.31. The number of aliphatic hydroxyl groups is 1. The molecule has 1 atom stereocenters. The lowest BCUT2D eigenvalue weighted by atomic mass is 10.3. The molecule has 0 saturated carbocycles. The van der Waals surface area contributed by atoms with Crippen molar-refractivity contribution in [3.63, 3.8) is 0 Å². The summed E-state index contributed by atoms with van der Waals surface area (Å²) in [4.78, 5) is 4.98. The third kappa shape index (κ3) is 2.25. The van der Waals surface area contributed by atoms with Gasteiger partial charge in [0.05, 0.1) is 15.3 Å². The smallest absolute Gasteiger partial charge is 0.246 e. The lowest BCUT2D eigenvalue weighted by Gasteiger charge is -1.98. The average molecular weight is 290 g/mol. The Hall–Kier alpha value is -0.760. The van der Waals surface area contributed by atoms with Gasteiger partial charge < -0.3 is 15.4 Å². The van der Waals surface area contributed by atoms with Gasteiger partial charge in [-0.15, -0.1) is 11.3 Å². The summed E-state index contributed by atoms with van der Waals surface area (Å²) >= 11 is 4.85. The number of nitrogens with zero attached hydrogens (tertiary/aromatic N) is 2. The van der Waals surface area contributed by atoms with Crippen molar-refractivity contribution < 1.29 is 9.63 Å².